The van der Waals surface area contributed by atoms with Crippen LogP contribution in [0.25, 0.3) is 0 Å². The number of hydrogen-bond donors (Lipinski definition) is 2. The average Bonchev–Trinajstić information content (AvgIpc) is 2.79. The molecule has 0 saturated carbocycles. The first-order valence-electron chi connectivity index (χ1n) is 6.48. The molecule has 0 fully saturated rings. The van der Waals surface area contributed by atoms with Crippen molar-refractivity contribution < 1.29 is 4.79 Å². The molecule has 0 saturated heterocycles. The predicted octanol–water partition coefficient (Wildman–Crippen LogP) is 3.62. The van der Waals surface area contributed by atoms with Gasteiger partial charge in [0.1, 0.15) is 0 Å². The molecule has 1 aromatic heterocycles. The van der Waals surface area contributed by atoms with Gasteiger partial charge in [0.05, 0.1) is 5.69 Å². The second-order valence-corrected chi connectivity index (χ2v) is 6.82. The van der Waals surface area contributed by atoms with Gasteiger partial charge in [-0.2, -0.15) is 0 Å². The third kappa shape index (κ3) is 2.86. The van der Waals surface area contributed by atoms with Gasteiger partial charge in [-0.25, -0.2) is 4.98 Å². The van der Waals surface area contributed by atoms with Crippen LogP contribution in [0.3, 0.4) is 0 Å². The molecule has 0 bridgehead atoms. The fourth-order valence-corrected chi connectivity index (χ4v) is 3.87. The van der Waals surface area contributed by atoms with Crippen molar-refractivity contribution in [2.75, 3.05) is 11.1 Å². The number of aryl methyl sites for hydroxylation is 2. The molecule has 20 heavy (non-hydrogen) atoms. The first-order valence-corrected chi connectivity index (χ1v) is 8.09. The van der Waals surface area contributed by atoms with E-state index >= 15 is 0 Å². The summed E-state index contributed by atoms with van der Waals surface area (Å²) in [5.41, 5.74) is 7.98. The van der Waals surface area contributed by atoms with Gasteiger partial charge in [-0.3, -0.25) is 10.1 Å². The van der Waals surface area contributed by atoms with Crippen LogP contribution in [0.15, 0.2) is 22.7 Å². The van der Waals surface area contributed by atoms with Gasteiger partial charge in [-0.1, -0.05) is 15.9 Å². The number of amides is 1. The number of nitrogens with one attached hydrogen (secondary N) is 1. The molecule has 1 amide bonds. The van der Waals surface area contributed by atoms with E-state index < -0.39 is 0 Å². The van der Waals surface area contributed by atoms with Crippen LogP contribution in [0.4, 0.5) is 10.8 Å². The summed E-state index contributed by atoms with van der Waals surface area (Å²) in [4.78, 5) is 18.0. The maximum atomic E-state index is 12.2. The van der Waals surface area contributed by atoms with Gasteiger partial charge < -0.3 is 5.73 Å². The Morgan fingerprint density at radius 2 is 2.10 bits per heavy atom. The van der Waals surface area contributed by atoms with Crippen LogP contribution in [-0.2, 0) is 12.8 Å². The van der Waals surface area contributed by atoms with E-state index in [9.17, 15) is 4.79 Å². The molecule has 1 aromatic carbocycles. The van der Waals surface area contributed by atoms with Crippen LogP contribution in [0.5, 0.6) is 0 Å². The number of fused-ring (bicyclic) bond motifs is 1. The molecule has 0 aliphatic heterocycles. The number of halogens is 1. The highest BCUT2D eigenvalue weighted by Crippen LogP contribution is 2.30. The van der Waals surface area contributed by atoms with Crippen LogP contribution >= 0.6 is 27.3 Å². The maximum absolute atomic E-state index is 12.2. The van der Waals surface area contributed by atoms with E-state index in [-0.39, 0.29) is 5.91 Å². The Labute approximate surface area is 129 Å². The third-order valence-electron chi connectivity index (χ3n) is 3.25. The molecule has 4 nitrogen and oxygen atoms in total. The predicted molar refractivity (Wildman–Crippen MR) is 85.3 cm³/mol. The van der Waals surface area contributed by atoms with Crippen LogP contribution < -0.4 is 11.1 Å². The summed E-state index contributed by atoms with van der Waals surface area (Å²) < 4.78 is 0.793. The van der Waals surface area contributed by atoms with Crippen molar-refractivity contribution in [1.29, 1.82) is 0 Å². The molecule has 0 unspecified atom stereocenters. The lowest BCUT2D eigenvalue weighted by Gasteiger charge is -2.06. The Kier molecular flexibility index (Phi) is 3.76. The molecule has 2 aromatic rings. The fourth-order valence-electron chi connectivity index (χ4n) is 2.32. The Morgan fingerprint density at radius 1 is 1.30 bits per heavy atom. The van der Waals surface area contributed by atoms with Crippen molar-refractivity contribution in [3.05, 3.63) is 38.8 Å². The van der Waals surface area contributed by atoms with Crippen molar-refractivity contribution in [2.45, 2.75) is 25.7 Å². The van der Waals surface area contributed by atoms with Gasteiger partial charge in [0, 0.05) is 20.6 Å². The van der Waals surface area contributed by atoms with Crippen molar-refractivity contribution in [3.63, 3.8) is 0 Å². The number of carbonyl (C=O) groups excluding carboxylic acids is 1. The van der Waals surface area contributed by atoms with Gasteiger partial charge >= 0.3 is 0 Å². The average molecular weight is 352 g/mol. The lowest BCUT2D eigenvalue weighted by atomic mass is 10.0. The summed E-state index contributed by atoms with van der Waals surface area (Å²) >= 11 is 4.92. The Hall–Kier alpha value is -1.40. The normalized spacial score (nSPS) is 13.8. The zero-order chi connectivity index (χ0) is 14.1. The second-order valence-electron chi connectivity index (χ2n) is 4.82. The van der Waals surface area contributed by atoms with Gasteiger partial charge in [-0.15, -0.1) is 11.3 Å². The molecule has 1 aliphatic rings. The molecule has 0 radical (unpaired) electrons. The molecule has 1 aliphatic carbocycles. The van der Waals surface area contributed by atoms with Gasteiger partial charge in [0.2, 0.25) is 0 Å². The van der Waals surface area contributed by atoms with E-state index in [4.69, 9.17) is 5.73 Å². The van der Waals surface area contributed by atoms with E-state index in [0.29, 0.717) is 16.4 Å². The molecule has 3 rings (SSSR count). The monoisotopic (exact) mass is 351 g/mol. The SMILES string of the molecule is Nc1cc(Br)cc(C(=O)Nc2nc3c(s2)CCCC3)c1. The summed E-state index contributed by atoms with van der Waals surface area (Å²) in [5, 5.41) is 3.54. The Bertz CT molecular complexity index is 625. The first kappa shape index (κ1) is 13.6. The number of thiazole rings is 1. The summed E-state index contributed by atoms with van der Waals surface area (Å²) in [7, 11) is 0. The number of nitrogens with two attached hydrogens (primary N) is 1. The van der Waals surface area contributed by atoms with E-state index in [2.05, 4.69) is 26.2 Å². The number of rotatable bonds is 2. The first-order chi connectivity index (χ1) is 9.61. The number of nitrogen functional groups attached to an aromatic ring is 1. The van der Waals surface area contributed by atoms with E-state index in [1.807, 2.05) is 0 Å². The molecule has 104 valence electrons. The van der Waals surface area contributed by atoms with Crippen LogP contribution in [-0.4, -0.2) is 10.9 Å². The minimum atomic E-state index is -0.177. The van der Waals surface area contributed by atoms with E-state index in [1.54, 1.807) is 29.5 Å². The Morgan fingerprint density at radius 3 is 2.85 bits per heavy atom. The van der Waals surface area contributed by atoms with Crippen LogP contribution in [0.1, 0.15) is 33.8 Å². The van der Waals surface area contributed by atoms with Gasteiger partial charge in [-0.05, 0) is 43.9 Å². The van der Waals surface area contributed by atoms with Gasteiger partial charge in [0.15, 0.2) is 5.13 Å². The fraction of sp³-hybridized carbons (Fsp3) is 0.286. The topological polar surface area (TPSA) is 68.0 Å². The van der Waals surface area contributed by atoms with Crippen LogP contribution in [0, 0.1) is 0 Å². The molecule has 3 N–H and O–H groups in total. The number of nitrogens with zero attached hydrogens (tertiary/aromatic N) is 1. The van der Waals surface area contributed by atoms with Crippen molar-refractivity contribution in [1.82, 2.24) is 4.98 Å². The molecule has 6 heteroatoms. The molecule has 0 spiro atoms. The van der Waals surface area contributed by atoms with E-state index in [0.717, 1.165) is 23.0 Å². The van der Waals surface area contributed by atoms with Crippen LogP contribution in [0.2, 0.25) is 0 Å². The van der Waals surface area contributed by atoms with Crippen molar-refractivity contribution in [3.8, 4) is 0 Å². The smallest absolute Gasteiger partial charge is 0.257 e. The zero-order valence-corrected chi connectivity index (χ0v) is 13.2. The third-order valence-corrected chi connectivity index (χ3v) is 4.78. The zero-order valence-electron chi connectivity index (χ0n) is 10.8. The lowest BCUT2D eigenvalue weighted by molar-refractivity contribution is 0.102. The largest absolute Gasteiger partial charge is 0.399 e. The highest BCUT2D eigenvalue weighted by atomic mass is 79.9. The maximum Gasteiger partial charge on any atom is 0.257 e. The second kappa shape index (κ2) is 5.54. The number of hydrogen-bond acceptors (Lipinski definition) is 4. The lowest BCUT2D eigenvalue weighted by Crippen LogP contribution is -2.12. The molecular weight excluding hydrogens is 338 g/mol. The number of carbonyl (C=O) groups is 1. The Balaban J connectivity index is 1.80. The summed E-state index contributed by atoms with van der Waals surface area (Å²) in [6, 6.07) is 5.17. The minimum absolute atomic E-state index is 0.177. The van der Waals surface area contributed by atoms with E-state index in [1.165, 1.54) is 17.7 Å². The quantitative estimate of drug-likeness (QED) is 0.812. The summed E-state index contributed by atoms with van der Waals surface area (Å²) in [6.45, 7) is 0. The number of benzene rings is 1. The van der Waals surface area contributed by atoms with Crippen molar-refractivity contribution >= 4 is 44.0 Å². The molecular formula is C14H14BrN3OS. The molecule has 0 atom stereocenters. The number of anilines is 2. The highest BCUT2D eigenvalue weighted by Gasteiger charge is 2.17. The standard InChI is InChI=1S/C14H14BrN3OS/c15-9-5-8(6-10(16)7-9)13(19)18-14-17-11-3-1-2-4-12(11)20-14/h5-7H,1-4,16H2,(H,17,18,19). The summed E-state index contributed by atoms with van der Waals surface area (Å²) in [5.74, 6) is -0.177. The highest BCUT2D eigenvalue weighted by molar-refractivity contribution is 9.10. The van der Waals surface area contributed by atoms with Gasteiger partial charge in [0.25, 0.3) is 5.91 Å². The van der Waals surface area contributed by atoms with Crippen molar-refractivity contribution in [2.24, 2.45) is 0 Å². The summed E-state index contributed by atoms with van der Waals surface area (Å²) in [6.07, 6.45) is 4.50. The number of aromatic nitrogens is 1. The minimum Gasteiger partial charge on any atom is -0.399 e. The molecule has 1 heterocycles.